The number of nitrogens with two attached hydrogens (primary N) is 1. The standard InChI is InChI=1S/C21H33NO3/c1-2-3-4-5-6-7-8-9-10-14-17-25-21(24)19(20(22)23)18-15-12-11-13-16-18/h11-13,15-16,19H,2-10,14,17H2,1H3,(H2,22,23). The summed E-state index contributed by atoms with van der Waals surface area (Å²) in [5, 5.41) is 0. The SMILES string of the molecule is CCCCCCCCCCCCOC(=O)C(C(N)=O)c1ccccc1. The summed E-state index contributed by atoms with van der Waals surface area (Å²) >= 11 is 0. The predicted octanol–water partition coefficient (Wildman–Crippen LogP) is 4.72. The molecule has 0 saturated heterocycles. The minimum atomic E-state index is -1.01. The van der Waals surface area contributed by atoms with Crippen molar-refractivity contribution in [1.29, 1.82) is 0 Å². The van der Waals surface area contributed by atoms with E-state index in [0.29, 0.717) is 12.2 Å². The van der Waals surface area contributed by atoms with Crippen LogP contribution in [0.1, 0.15) is 82.6 Å². The summed E-state index contributed by atoms with van der Waals surface area (Å²) < 4.78 is 5.25. The van der Waals surface area contributed by atoms with Gasteiger partial charge in [-0.15, -0.1) is 0 Å². The molecule has 0 saturated carbocycles. The van der Waals surface area contributed by atoms with Gasteiger partial charge in [-0.1, -0.05) is 95.0 Å². The van der Waals surface area contributed by atoms with Crippen LogP contribution in [0.25, 0.3) is 0 Å². The molecule has 1 amide bonds. The highest BCUT2D eigenvalue weighted by molar-refractivity contribution is 6.02. The number of amides is 1. The summed E-state index contributed by atoms with van der Waals surface area (Å²) in [7, 11) is 0. The molecular weight excluding hydrogens is 314 g/mol. The second kappa shape index (κ2) is 13.5. The van der Waals surface area contributed by atoms with E-state index in [-0.39, 0.29) is 0 Å². The van der Waals surface area contributed by atoms with Crippen LogP contribution in [0.3, 0.4) is 0 Å². The molecule has 0 aliphatic heterocycles. The zero-order valence-electron chi connectivity index (χ0n) is 15.5. The Morgan fingerprint density at radius 2 is 1.40 bits per heavy atom. The highest BCUT2D eigenvalue weighted by Crippen LogP contribution is 2.17. The molecule has 1 aromatic rings. The van der Waals surface area contributed by atoms with E-state index in [1.807, 2.05) is 6.07 Å². The van der Waals surface area contributed by atoms with Crippen LogP contribution in [0.15, 0.2) is 30.3 Å². The van der Waals surface area contributed by atoms with Crippen molar-refractivity contribution in [2.45, 2.75) is 77.0 Å². The molecule has 25 heavy (non-hydrogen) atoms. The van der Waals surface area contributed by atoms with Crippen molar-refractivity contribution in [3.63, 3.8) is 0 Å². The van der Waals surface area contributed by atoms with Crippen molar-refractivity contribution >= 4 is 11.9 Å². The zero-order valence-corrected chi connectivity index (χ0v) is 15.5. The van der Waals surface area contributed by atoms with Crippen molar-refractivity contribution in [3.8, 4) is 0 Å². The smallest absolute Gasteiger partial charge is 0.323 e. The third-order valence-corrected chi connectivity index (χ3v) is 4.40. The number of carbonyl (C=O) groups is 2. The molecule has 0 aromatic heterocycles. The maximum absolute atomic E-state index is 12.1. The van der Waals surface area contributed by atoms with Crippen LogP contribution in [-0.2, 0) is 14.3 Å². The predicted molar refractivity (Wildman–Crippen MR) is 101 cm³/mol. The van der Waals surface area contributed by atoms with E-state index in [1.54, 1.807) is 24.3 Å². The largest absolute Gasteiger partial charge is 0.465 e. The average Bonchev–Trinajstić information content (AvgIpc) is 2.60. The number of hydrogen-bond donors (Lipinski definition) is 1. The van der Waals surface area contributed by atoms with E-state index in [4.69, 9.17) is 10.5 Å². The Balaban J connectivity index is 2.12. The molecule has 0 spiro atoms. The third-order valence-electron chi connectivity index (χ3n) is 4.40. The summed E-state index contributed by atoms with van der Waals surface area (Å²) in [6, 6.07) is 8.83. The normalized spacial score (nSPS) is 11.9. The van der Waals surface area contributed by atoms with Gasteiger partial charge in [0.25, 0.3) is 0 Å². The van der Waals surface area contributed by atoms with Crippen molar-refractivity contribution in [2.75, 3.05) is 6.61 Å². The van der Waals surface area contributed by atoms with Crippen LogP contribution >= 0.6 is 0 Å². The molecule has 4 nitrogen and oxygen atoms in total. The number of unbranched alkanes of at least 4 members (excludes halogenated alkanes) is 9. The minimum absolute atomic E-state index is 0.353. The molecule has 0 fully saturated rings. The van der Waals surface area contributed by atoms with E-state index in [2.05, 4.69) is 6.92 Å². The van der Waals surface area contributed by atoms with Gasteiger partial charge in [0, 0.05) is 0 Å². The molecular formula is C21H33NO3. The van der Waals surface area contributed by atoms with Gasteiger partial charge in [0.1, 0.15) is 0 Å². The summed E-state index contributed by atoms with van der Waals surface area (Å²) in [5.74, 6) is -2.22. The van der Waals surface area contributed by atoms with Crippen LogP contribution in [0.5, 0.6) is 0 Å². The van der Waals surface area contributed by atoms with Crippen molar-refractivity contribution in [1.82, 2.24) is 0 Å². The topological polar surface area (TPSA) is 69.4 Å². The lowest BCUT2D eigenvalue weighted by Crippen LogP contribution is -2.30. The number of carbonyl (C=O) groups excluding carboxylic acids is 2. The van der Waals surface area contributed by atoms with Crippen molar-refractivity contribution in [2.24, 2.45) is 5.73 Å². The molecule has 1 rings (SSSR count). The van der Waals surface area contributed by atoms with Crippen LogP contribution in [0.4, 0.5) is 0 Å². The van der Waals surface area contributed by atoms with Crippen LogP contribution < -0.4 is 5.73 Å². The van der Waals surface area contributed by atoms with Gasteiger partial charge in [-0.3, -0.25) is 9.59 Å². The Morgan fingerprint density at radius 3 is 1.92 bits per heavy atom. The van der Waals surface area contributed by atoms with Gasteiger partial charge in [0.15, 0.2) is 5.92 Å². The van der Waals surface area contributed by atoms with Gasteiger partial charge in [-0.05, 0) is 12.0 Å². The van der Waals surface area contributed by atoms with Gasteiger partial charge < -0.3 is 10.5 Å². The molecule has 0 radical (unpaired) electrons. The average molecular weight is 347 g/mol. The fourth-order valence-electron chi connectivity index (χ4n) is 2.91. The second-order valence-electron chi connectivity index (χ2n) is 6.60. The van der Waals surface area contributed by atoms with E-state index in [0.717, 1.165) is 12.8 Å². The van der Waals surface area contributed by atoms with E-state index < -0.39 is 17.8 Å². The number of rotatable bonds is 14. The van der Waals surface area contributed by atoms with Crippen LogP contribution in [-0.4, -0.2) is 18.5 Å². The number of hydrogen-bond acceptors (Lipinski definition) is 3. The lowest BCUT2D eigenvalue weighted by molar-refractivity contribution is -0.148. The summed E-state index contributed by atoms with van der Waals surface area (Å²) in [6.07, 6.45) is 12.3. The number of ether oxygens (including phenoxy) is 1. The van der Waals surface area contributed by atoms with Crippen molar-refractivity contribution in [3.05, 3.63) is 35.9 Å². The van der Waals surface area contributed by atoms with Crippen LogP contribution in [0.2, 0.25) is 0 Å². The number of primary amides is 1. The zero-order chi connectivity index (χ0) is 18.3. The van der Waals surface area contributed by atoms with Gasteiger partial charge in [0.05, 0.1) is 6.61 Å². The van der Waals surface area contributed by atoms with Gasteiger partial charge >= 0.3 is 5.97 Å². The lowest BCUT2D eigenvalue weighted by atomic mass is 9.99. The summed E-state index contributed by atoms with van der Waals surface area (Å²) in [4.78, 5) is 23.7. The first-order chi connectivity index (χ1) is 12.2. The van der Waals surface area contributed by atoms with Crippen molar-refractivity contribution < 1.29 is 14.3 Å². The highest BCUT2D eigenvalue weighted by Gasteiger charge is 2.27. The Bertz CT molecular complexity index is 487. The van der Waals surface area contributed by atoms with Gasteiger partial charge in [-0.2, -0.15) is 0 Å². The van der Waals surface area contributed by atoms with Gasteiger partial charge in [0.2, 0.25) is 5.91 Å². The first kappa shape index (κ1) is 21.2. The molecule has 2 N–H and O–H groups in total. The Morgan fingerprint density at radius 1 is 0.880 bits per heavy atom. The molecule has 4 heteroatoms. The Labute approximate surface area is 152 Å². The monoisotopic (exact) mass is 347 g/mol. The fourth-order valence-corrected chi connectivity index (χ4v) is 2.91. The third kappa shape index (κ3) is 9.28. The number of esters is 1. The Hall–Kier alpha value is -1.84. The first-order valence-corrected chi connectivity index (χ1v) is 9.67. The summed E-state index contributed by atoms with van der Waals surface area (Å²) in [5.41, 5.74) is 5.94. The quantitative estimate of drug-likeness (QED) is 0.301. The molecule has 1 aromatic carbocycles. The molecule has 0 bridgehead atoms. The maximum Gasteiger partial charge on any atom is 0.323 e. The molecule has 1 atom stereocenters. The Kier molecular flexibility index (Phi) is 11.4. The number of benzene rings is 1. The van der Waals surface area contributed by atoms with E-state index >= 15 is 0 Å². The lowest BCUT2D eigenvalue weighted by Gasteiger charge is -2.13. The maximum atomic E-state index is 12.1. The van der Waals surface area contributed by atoms with E-state index in [1.165, 1.54) is 51.4 Å². The first-order valence-electron chi connectivity index (χ1n) is 9.67. The van der Waals surface area contributed by atoms with Crippen LogP contribution in [0, 0.1) is 0 Å². The highest BCUT2D eigenvalue weighted by atomic mass is 16.5. The second-order valence-corrected chi connectivity index (χ2v) is 6.60. The molecule has 0 aliphatic rings. The van der Waals surface area contributed by atoms with E-state index in [9.17, 15) is 9.59 Å². The minimum Gasteiger partial charge on any atom is -0.465 e. The molecule has 1 unspecified atom stereocenters. The summed E-state index contributed by atoms with van der Waals surface area (Å²) in [6.45, 7) is 2.59. The molecule has 0 aliphatic carbocycles. The molecule has 0 heterocycles. The fraction of sp³-hybridized carbons (Fsp3) is 0.619. The van der Waals surface area contributed by atoms with Gasteiger partial charge in [-0.25, -0.2) is 0 Å². The molecule has 140 valence electrons.